The fourth-order valence-electron chi connectivity index (χ4n) is 6.61. The number of hydrogen-bond acceptors (Lipinski definition) is 7. The van der Waals surface area contributed by atoms with E-state index in [0.29, 0.717) is 70.0 Å². The molecule has 2 saturated heterocycles. The van der Waals surface area contributed by atoms with E-state index in [1.54, 1.807) is 0 Å². The second-order valence-electron chi connectivity index (χ2n) is 12.3. The lowest BCUT2D eigenvalue weighted by Crippen LogP contribution is -2.53. The quantitative estimate of drug-likeness (QED) is 0.343. The van der Waals surface area contributed by atoms with Crippen LogP contribution >= 0.6 is 0 Å². The molecule has 1 unspecified atom stereocenters. The molecule has 4 rings (SSSR count). The van der Waals surface area contributed by atoms with Crippen molar-refractivity contribution in [2.24, 2.45) is 16.8 Å². The van der Waals surface area contributed by atoms with Crippen LogP contribution in [0.1, 0.15) is 89.9 Å². The standard InChI is InChI=1S/C30H50N6O4/c1-35-15-10-24(11-16-35)12-19-40-29(38)33-28(36-17-20-39-21-18-36)32-26(22-25-8-4-2-5-9-25)27(37)34-30(23-31)13-6-3-7-14-30/h24-26H,2-22H2,1H3,(H,34,37)(H,32,33,38). The molecule has 224 valence electrons. The van der Waals surface area contributed by atoms with E-state index in [-0.39, 0.29) is 5.91 Å². The fraction of sp³-hybridized carbons (Fsp3) is 0.867. The van der Waals surface area contributed by atoms with E-state index in [4.69, 9.17) is 14.5 Å². The van der Waals surface area contributed by atoms with Crippen LogP contribution in [-0.2, 0) is 14.3 Å². The van der Waals surface area contributed by atoms with E-state index in [2.05, 4.69) is 28.7 Å². The van der Waals surface area contributed by atoms with Gasteiger partial charge in [-0.15, -0.1) is 0 Å². The summed E-state index contributed by atoms with van der Waals surface area (Å²) < 4.78 is 11.1. The van der Waals surface area contributed by atoms with Crippen molar-refractivity contribution >= 4 is 18.0 Å². The lowest BCUT2D eigenvalue weighted by Gasteiger charge is -2.34. The fourth-order valence-corrected chi connectivity index (χ4v) is 6.61. The van der Waals surface area contributed by atoms with Crippen molar-refractivity contribution in [1.82, 2.24) is 20.4 Å². The number of ether oxygens (including phenoxy) is 2. The van der Waals surface area contributed by atoms with Gasteiger partial charge < -0.3 is 24.6 Å². The summed E-state index contributed by atoms with van der Waals surface area (Å²) >= 11 is 0. The lowest BCUT2D eigenvalue weighted by molar-refractivity contribution is -0.124. The van der Waals surface area contributed by atoms with Gasteiger partial charge in [0.25, 0.3) is 0 Å². The Kier molecular flexibility index (Phi) is 11.9. The number of alkyl carbamates (subject to hydrolysis) is 1. The van der Waals surface area contributed by atoms with Crippen LogP contribution in [-0.4, -0.2) is 92.4 Å². The topological polar surface area (TPSA) is 119 Å². The Morgan fingerprint density at radius 1 is 1.00 bits per heavy atom. The molecule has 40 heavy (non-hydrogen) atoms. The molecular weight excluding hydrogens is 508 g/mol. The minimum absolute atomic E-state index is 0.211. The average molecular weight is 559 g/mol. The highest BCUT2D eigenvalue weighted by Gasteiger charge is 2.37. The second-order valence-corrected chi connectivity index (χ2v) is 12.3. The van der Waals surface area contributed by atoms with Gasteiger partial charge in [-0.1, -0.05) is 51.4 Å². The molecule has 1 atom stereocenters. The number of nitriles is 1. The number of morpholine rings is 1. The summed E-state index contributed by atoms with van der Waals surface area (Å²) in [6.45, 7) is 4.76. The van der Waals surface area contributed by atoms with Gasteiger partial charge in [-0.2, -0.15) is 5.26 Å². The first-order valence-electron chi connectivity index (χ1n) is 15.7. The van der Waals surface area contributed by atoms with Crippen LogP contribution in [0, 0.1) is 23.2 Å². The van der Waals surface area contributed by atoms with Crippen LogP contribution in [0.3, 0.4) is 0 Å². The van der Waals surface area contributed by atoms with Crippen LogP contribution in [0.5, 0.6) is 0 Å². The van der Waals surface area contributed by atoms with Crippen molar-refractivity contribution in [1.29, 1.82) is 5.26 Å². The number of aliphatic imine (C=N–C) groups is 1. The molecule has 10 nitrogen and oxygen atoms in total. The molecule has 0 aromatic heterocycles. The highest BCUT2D eigenvalue weighted by Crippen LogP contribution is 2.30. The second kappa shape index (κ2) is 15.6. The monoisotopic (exact) mass is 558 g/mol. The molecule has 2 N–H and O–H groups in total. The third-order valence-corrected chi connectivity index (χ3v) is 9.27. The molecule has 0 aromatic rings. The van der Waals surface area contributed by atoms with E-state index >= 15 is 0 Å². The van der Waals surface area contributed by atoms with Gasteiger partial charge in [0, 0.05) is 13.1 Å². The van der Waals surface area contributed by atoms with Gasteiger partial charge in [-0.05, 0) is 70.5 Å². The Balaban J connectivity index is 1.45. The lowest BCUT2D eigenvalue weighted by atomic mass is 9.81. The molecule has 2 saturated carbocycles. The van der Waals surface area contributed by atoms with Crippen LogP contribution in [0.2, 0.25) is 0 Å². The van der Waals surface area contributed by atoms with Crippen molar-refractivity contribution < 1.29 is 19.1 Å². The minimum Gasteiger partial charge on any atom is -0.449 e. The highest BCUT2D eigenvalue weighted by atomic mass is 16.5. The number of carbonyl (C=O) groups excluding carboxylic acids is 2. The number of carbonyl (C=O) groups is 2. The van der Waals surface area contributed by atoms with E-state index in [0.717, 1.165) is 64.5 Å². The van der Waals surface area contributed by atoms with Gasteiger partial charge in [0.15, 0.2) is 0 Å². The normalized spacial score (nSPS) is 24.1. The molecule has 0 bridgehead atoms. The van der Waals surface area contributed by atoms with Crippen LogP contribution in [0.15, 0.2) is 4.99 Å². The largest absolute Gasteiger partial charge is 0.449 e. The maximum atomic E-state index is 13.8. The highest BCUT2D eigenvalue weighted by molar-refractivity contribution is 5.96. The Labute approximate surface area is 240 Å². The molecule has 10 heteroatoms. The van der Waals surface area contributed by atoms with E-state index < -0.39 is 17.7 Å². The van der Waals surface area contributed by atoms with Crippen molar-refractivity contribution in [3.05, 3.63) is 0 Å². The Morgan fingerprint density at radius 2 is 1.68 bits per heavy atom. The molecule has 4 fully saturated rings. The number of likely N-dealkylation sites (tertiary alicyclic amines) is 1. The van der Waals surface area contributed by atoms with Gasteiger partial charge in [0.2, 0.25) is 11.9 Å². The van der Waals surface area contributed by atoms with Crippen molar-refractivity contribution in [3.8, 4) is 6.07 Å². The average Bonchev–Trinajstić information content (AvgIpc) is 2.99. The SMILES string of the molecule is CN1CCC(CCOC(=O)N/C(=N/C(CC2CCCCC2)C(=O)NC2(C#N)CCCCC2)N2CCOCC2)CC1. The number of hydrogen-bond donors (Lipinski definition) is 2. The molecule has 0 radical (unpaired) electrons. The summed E-state index contributed by atoms with van der Waals surface area (Å²) in [6, 6.07) is 1.74. The Hall–Kier alpha value is -2.38. The molecule has 4 aliphatic rings. The Morgan fingerprint density at radius 3 is 2.35 bits per heavy atom. The number of guanidine groups is 1. The zero-order chi connectivity index (χ0) is 28.2. The van der Waals surface area contributed by atoms with Gasteiger partial charge in [-0.25, -0.2) is 9.79 Å². The van der Waals surface area contributed by atoms with Gasteiger partial charge in [0.1, 0.15) is 11.6 Å². The summed E-state index contributed by atoms with van der Waals surface area (Å²) in [5, 5.41) is 16.0. The van der Waals surface area contributed by atoms with E-state index in [1.807, 2.05) is 4.90 Å². The summed E-state index contributed by atoms with van der Waals surface area (Å²) in [6.07, 6.45) is 13.3. The third-order valence-electron chi connectivity index (χ3n) is 9.27. The van der Waals surface area contributed by atoms with Crippen molar-refractivity contribution in [2.75, 3.05) is 53.0 Å². The maximum Gasteiger partial charge on any atom is 0.413 e. The number of rotatable bonds is 8. The zero-order valence-electron chi connectivity index (χ0n) is 24.5. The third kappa shape index (κ3) is 9.34. The van der Waals surface area contributed by atoms with Crippen molar-refractivity contribution in [3.63, 3.8) is 0 Å². The smallest absolute Gasteiger partial charge is 0.413 e. The predicted octanol–water partition coefficient (Wildman–Crippen LogP) is 3.81. The molecule has 2 heterocycles. The maximum absolute atomic E-state index is 13.8. The first kappa shape index (κ1) is 30.6. The molecule has 2 amide bonds. The van der Waals surface area contributed by atoms with Gasteiger partial charge >= 0.3 is 6.09 Å². The first-order chi connectivity index (χ1) is 19.5. The number of amides is 2. The van der Waals surface area contributed by atoms with Gasteiger partial charge in [0.05, 0.1) is 25.9 Å². The van der Waals surface area contributed by atoms with E-state index in [9.17, 15) is 14.9 Å². The van der Waals surface area contributed by atoms with Crippen LogP contribution < -0.4 is 10.6 Å². The minimum atomic E-state index is -0.824. The number of piperidine rings is 1. The molecule has 0 spiro atoms. The van der Waals surface area contributed by atoms with Crippen molar-refractivity contribution in [2.45, 2.75) is 101 Å². The summed E-state index contributed by atoms with van der Waals surface area (Å²) in [5.74, 6) is 1.15. The van der Waals surface area contributed by atoms with Crippen LogP contribution in [0.25, 0.3) is 0 Å². The number of nitrogens with one attached hydrogen (secondary N) is 2. The molecule has 2 aliphatic heterocycles. The summed E-state index contributed by atoms with van der Waals surface area (Å²) in [5.41, 5.74) is -0.824. The summed E-state index contributed by atoms with van der Waals surface area (Å²) in [4.78, 5) is 35.9. The number of nitrogens with zero attached hydrogens (tertiary/aromatic N) is 4. The van der Waals surface area contributed by atoms with Gasteiger partial charge in [-0.3, -0.25) is 10.1 Å². The Bertz CT molecular complexity index is 879. The molecular formula is C30H50N6O4. The first-order valence-corrected chi connectivity index (χ1v) is 15.7. The van der Waals surface area contributed by atoms with E-state index in [1.165, 1.54) is 19.3 Å². The summed E-state index contributed by atoms with van der Waals surface area (Å²) in [7, 11) is 2.14. The zero-order valence-corrected chi connectivity index (χ0v) is 24.5. The molecule has 0 aromatic carbocycles. The molecule has 2 aliphatic carbocycles. The van der Waals surface area contributed by atoms with Crippen LogP contribution in [0.4, 0.5) is 4.79 Å². The predicted molar refractivity (Wildman–Crippen MR) is 154 cm³/mol.